The van der Waals surface area contributed by atoms with Crippen LogP contribution in [0.15, 0.2) is 24.7 Å². The molecule has 0 saturated heterocycles. The predicted molar refractivity (Wildman–Crippen MR) is 66.3 cm³/mol. The molecular formula is C12H14ClN3O. The predicted octanol–water partition coefficient (Wildman–Crippen LogP) is 2.37. The summed E-state index contributed by atoms with van der Waals surface area (Å²) in [6.45, 7) is 2.04. The fourth-order valence-electron chi connectivity index (χ4n) is 1.67. The Bertz CT molecular complexity index is 510. The van der Waals surface area contributed by atoms with Gasteiger partial charge in [0.2, 0.25) is 0 Å². The SMILES string of the molecule is CCCc1nccn1-c1ncc(CO)cc1Cl. The molecule has 2 aromatic heterocycles. The third-order valence-corrected chi connectivity index (χ3v) is 2.76. The van der Waals surface area contributed by atoms with Crippen molar-refractivity contribution in [3.8, 4) is 5.82 Å². The number of pyridine rings is 1. The summed E-state index contributed by atoms with van der Waals surface area (Å²) in [5.74, 6) is 1.60. The first-order valence-corrected chi connectivity index (χ1v) is 5.92. The Kier molecular flexibility index (Phi) is 3.76. The number of hydrogen-bond donors (Lipinski definition) is 1. The zero-order valence-corrected chi connectivity index (χ0v) is 10.4. The number of aromatic nitrogens is 3. The van der Waals surface area contributed by atoms with Crippen molar-refractivity contribution in [2.24, 2.45) is 0 Å². The lowest BCUT2D eigenvalue weighted by Gasteiger charge is -2.08. The fourth-order valence-corrected chi connectivity index (χ4v) is 1.95. The number of rotatable bonds is 4. The quantitative estimate of drug-likeness (QED) is 0.908. The van der Waals surface area contributed by atoms with Gasteiger partial charge in [-0.3, -0.25) is 4.57 Å². The summed E-state index contributed by atoms with van der Waals surface area (Å²) >= 11 is 6.15. The molecule has 0 fully saturated rings. The van der Waals surface area contributed by atoms with Gasteiger partial charge in [-0.2, -0.15) is 0 Å². The highest BCUT2D eigenvalue weighted by Crippen LogP contribution is 2.21. The van der Waals surface area contributed by atoms with Crippen LogP contribution in [0.25, 0.3) is 5.82 Å². The molecule has 1 N–H and O–H groups in total. The first-order chi connectivity index (χ1) is 8.26. The van der Waals surface area contributed by atoms with Crippen LogP contribution in [-0.2, 0) is 13.0 Å². The normalized spacial score (nSPS) is 10.8. The van der Waals surface area contributed by atoms with Gasteiger partial charge in [-0.1, -0.05) is 18.5 Å². The van der Waals surface area contributed by atoms with Gasteiger partial charge in [0.05, 0.1) is 11.6 Å². The third-order valence-electron chi connectivity index (χ3n) is 2.48. The molecule has 2 rings (SSSR count). The number of aryl methyl sites for hydroxylation is 1. The number of hydrogen-bond acceptors (Lipinski definition) is 3. The van der Waals surface area contributed by atoms with Crippen LogP contribution in [0.2, 0.25) is 5.02 Å². The molecular weight excluding hydrogens is 238 g/mol. The molecule has 0 aliphatic rings. The zero-order chi connectivity index (χ0) is 12.3. The molecule has 0 amide bonds. The van der Waals surface area contributed by atoms with Crippen LogP contribution in [0.1, 0.15) is 24.7 Å². The third kappa shape index (κ3) is 2.48. The van der Waals surface area contributed by atoms with Gasteiger partial charge in [0.25, 0.3) is 0 Å². The molecule has 17 heavy (non-hydrogen) atoms. The maximum absolute atomic E-state index is 9.00. The first-order valence-electron chi connectivity index (χ1n) is 5.54. The van der Waals surface area contributed by atoms with Crippen molar-refractivity contribution in [3.63, 3.8) is 0 Å². The summed E-state index contributed by atoms with van der Waals surface area (Å²) in [6.07, 6.45) is 7.10. The van der Waals surface area contributed by atoms with E-state index in [1.807, 2.05) is 10.8 Å². The number of imidazole rings is 1. The zero-order valence-electron chi connectivity index (χ0n) is 9.60. The van der Waals surface area contributed by atoms with Gasteiger partial charge >= 0.3 is 0 Å². The summed E-state index contributed by atoms with van der Waals surface area (Å²) in [5.41, 5.74) is 0.705. The van der Waals surface area contributed by atoms with Crippen LogP contribution >= 0.6 is 11.6 Å². The van der Waals surface area contributed by atoms with E-state index in [0.29, 0.717) is 16.4 Å². The maximum Gasteiger partial charge on any atom is 0.156 e. The summed E-state index contributed by atoms with van der Waals surface area (Å²) in [5, 5.41) is 9.52. The van der Waals surface area contributed by atoms with Crippen molar-refractivity contribution in [2.75, 3.05) is 0 Å². The second kappa shape index (κ2) is 5.29. The Morgan fingerprint density at radius 1 is 1.41 bits per heavy atom. The Hall–Kier alpha value is -1.39. The summed E-state index contributed by atoms with van der Waals surface area (Å²) in [7, 11) is 0. The molecule has 2 heterocycles. The number of aliphatic hydroxyl groups is 1. The standard InChI is InChI=1S/C12H14ClN3O/c1-2-3-11-14-4-5-16(11)12-10(13)6-9(8-17)7-15-12/h4-7,17H,2-3,8H2,1H3. The van der Waals surface area contributed by atoms with Crippen molar-refractivity contribution >= 4 is 11.6 Å². The van der Waals surface area contributed by atoms with Gasteiger partial charge in [0, 0.05) is 25.0 Å². The van der Waals surface area contributed by atoms with Crippen molar-refractivity contribution in [1.82, 2.24) is 14.5 Å². The van der Waals surface area contributed by atoms with Gasteiger partial charge in [0.15, 0.2) is 5.82 Å². The average molecular weight is 252 g/mol. The molecule has 0 unspecified atom stereocenters. The van der Waals surface area contributed by atoms with E-state index in [2.05, 4.69) is 16.9 Å². The molecule has 0 atom stereocenters. The second-order valence-electron chi connectivity index (χ2n) is 3.77. The second-order valence-corrected chi connectivity index (χ2v) is 4.18. The molecule has 0 bridgehead atoms. The summed E-state index contributed by atoms with van der Waals surface area (Å²) in [4.78, 5) is 8.55. The molecule has 4 nitrogen and oxygen atoms in total. The maximum atomic E-state index is 9.00. The van der Waals surface area contributed by atoms with Gasteiger partial charge in [-0.15, -0.1) is 0 Å². The fraction of sp³-hybridized carbons (Fsp3) is 0.333. The van der Waals surface area contributed by atoms with Gasteiger partial charge in [-0.25, -0.2) is 9.97 Å². The lowest BCUT2D eigenvalue weighted by atomic mass is 10.3. The van der Waals surface area contributed by atoms with Crippen molar-refractivity contribution in [1.29, 1.82) is 0 Å². The number of halogens is 1. The highest BCUT2D eigenvalue weighted by molar-refractivity contribution is 6.32. The van der Waals surface area contributed by atoms with Crippen LogP contribution in [0.5, 0.6) is 0 Å². The van der Waals surface area contributed by atoms with E-state index in [1.54, 1.807) is 18.5 Å². The van der Waals surface area contributed by atoms with Crippen molar-refractivity contribution in [2.45, 2.75) is 26.4 Å². The smallest absolute Gasteiger partial charge is 0.156 e. The molecule has 0 saturated carbocycles. The average Bonchev–Trinajstić information content (AvgIpc) is 2.77. The van der Waals surface area contributed by atoms with E-state index < -0.39 is 0 Å². The topological polar surface area (TPSA) is 50.9 Å². The van der Waals surface area contributed by atoms with Crippen LogP contribution in [-0.4, -0.2) is 19.6 Å². The van der Waals surface area contributed by atoms with Crippen molar-refractivity contribution < 1.29 is 5.11 Å². The van der Waals surface area contributed by atoms with E-state index in [0.717, 1.165) is 18.7 Å². The minimum absolute atomic E-state index is 0.0568. The number of nitrogens with zero attached hydrogens (tertiary/aromatic N) is 3. The van der Waals surface area contributed by atoms with E-state index in [4.69, 9.17) is 16.7 Å². The lowest BCUT2D eigenvalue weighted by Crippen LogP contribution is -2.04. The molecule has 0 aliphatic heterocycles. The van der Waals surface area contributed by atoms with Gasteiger partial charge in [-0.05, 0) is 18.1 Å². The van der Waals surface area contributed by atoms with E-state index in [1.165, 1.54) is 0 Å². The summed E-state index contributed by atoms with van der Waals surface area (Å²) < 4.78 is 1.88. The number of aliphatic hydroxyl groups excluding tert-OH is 1. The van der Waals surface area contributed by atoms with Gasteiger partial charge < -0.3 is 5.11 Å². The van der Waals surface area contributed by atoms with Gasteiger partial charge in [0.1, 0.15) is 5.82 Å². The van der Waals surface area contributed by atoms with E-state index in [9.17, 15) is 0 Å². The molecule has 5 heteroatoms. The summed E-state index contributed by atoms with van der Waals surface area (Å²) in [6, 6.07) is 1.72. The Morgan fingerprint density at radius 2 is 2.24 bits per heavy atom. The molecule has 0 aliphatic carbocycles. The molecule has 2 aromatic rings. The Balaban J connectivity index is 2.42. The monoisotopic (exact) mass is 251 g/mol. The van der Waals surface area contributed by atoms with Crippen LogP contribution in [0, 0.1) is 0 Å². The van der Waals surface area contributed by atoms with E-state index >= 15 is 0 Å². The molecule has 0 spiro atoms. The largest absolute Gasteiger partial charge is 0.392 e. The Labute approximate surface area is 105 Å². The van der Waals surface area contributed by atoms with Crippen molar-refractivity contribution in [3.05, 3.63) is 41.1 Å². The molecule has 0 radical (unpaired) electrons. The molecule has 90 valence electrons. The lowest BCUT2D eigenvalue weighted by molar-refractivity contribution is 0.281. The Morgan fingerprint density at radius 3 is 2.88 bits per heavy atom. The van der Waals surface area contributed by atoms with Crippen LogP contribution < -0.4 is 0 Å². The molecule has 0 aromatic carbocycles. The highest BCUT2D eigenvalue weighted by Gasteiger charge is 2.09. The van der Waals surface area contributed by atoms with Crippen LogP contribution in [0.3, 0.4) is 0 Å². The van der Waals surface area contributed by atoms with Crippen LogP contribution in [0.4, 0.5) is 0 Å². The van der Waals surface area contributed by atoms with E-state index in [-0.39, 0.29) is 6.61 Å². The first kappa shape index (κ1) is 12.1. The highest BCUT2D eigenvalue weighted by atomic mass is 35.5. The minimum Gasteiger partial charge on any atom is -0.392 e. The minimum atomic E-state index is -0.0568.